The third-order valence-electron chi connectivity index (χ3n) is 6.19. The maximum atomic E-state index is 5.93. The summed E-state index contributed by atoms with van der Waals surface area (Å²) in [6, 6.07) is 15.4. The van der Waals surface area contributed by atoms with Gasteiger partial charge in [-0.3, -0.25) is 4.90 Å². The second-order valence-electron chi connectivity index (χ2n) is 8.89. The number of hydrogen-bond donors (Lipinski definition) is 0. The van der Waals surface area contributed by atoms with Crippen molar-refractivity contribution in [2.75, 3.05) is 45.2 Å². The minimum absolute atomic E-state index is 0.261. The molecule has 1 fully saturated rings. The largest absolute Gasteiger partial charge is 0.492 e. The summed E-state index contributed by atoms with van der Waals surface area (Å²) in [5.74, 6) is 2.15. The first kappa shape index (κ1) is 21.5. The van der Waals surface area contributed by atoms with Gasteiger partial charge in [0.15, 0.2) is 0 Å². The number of rotatable bonds is 6. The fourth-order valence-corrected chi connectivity index (χ4v) is 5.58. The Balaban J connectivity index is 1.38. The van der Waals surface area contributed by atoms with E-state index in [4.69, 9.17) is 9.47 Å². The molecule has 0 saturated carbocycles. The van der Waals surface area contributed by atoms with Crippen LogP contribution in [0.5, 0.6) is 5.75 Å². The summed E-state index contributed by atoms with van der Waals surface area (Å²) < 4.78 is 11.3. The minimum Gasteiger partial charge on any atom is -0.492 e. The minimum atomic E-state index is 0.261. The Bertz CT molecular complexity index is 882. The van der Waals surface area contributed by atoms with E-state index >= 15 is 0 Å². The normalized spacial score (nSPS) is 19.4. The molecule has 0 bridgehead atoms. The van der Waals surface area contributed by atoms with Gasteiger partial charge >= 0.3 is 0 Å². The third-order valence-corrected chi connectivity index (χ3v) is 7.27. The molecule has 0 aromatic heterocycles. The number of allylic oxidation sites excluding steroid dienone is 1. The molecular weight excluding hydrogens is 390 g/mol. The molecule has 0 spiro atoms. The maximum Gasteiger partial charge on any atom is 0.119 e. The first-order chi connectivity index (χ1) is 14.5. The van der Waals surface area contributed by atoms with E-state index in [1.165, 1.54) is 39.3 Å². The van der Waals surface area contributed by atoms with E-state index < -0.39 is 0 Å². The summed E-state index contributed by atoms with van der Waals surface area (Å²) in [4.78, 5) is 3.84. The van der Waals surface area contributed by atoms with Crippen LogP contribution in [0.25, 0.3) is 11.6 Å². The molecule has 2 heterocycles. The third kappa shape index (κ3) is 5.29. The summed E-state index contributed by atoms with van der Waals surface area (Å²) in [7, 11) is 0. The van der Waals surface area contributed by atoms with Crippen LogP contribution >= 0.6 is 11.8 Å². The Morgan fingerprint density at radius 2 is 1.90 bits per heavy atom. The molecule has 0 radical (unpaired) electrons. The van der Waals surface area contributed by atoms with Crippen LogP contribution < -0.4 is 4.74 Å². The molecule has 0 atom stereocenters. The molecule has 0 amide bonds. The summed E-state index contributed by atoms with van der Waals surface area (Å²) in [5.41, 5.74) is 5.57. The van der Waals surface area contributed by atoms with Crippen molar-refractivity contribution in [3.63, 3.8) is 0 Å². The number of hydrogen-bond acceptors (Lipinski definition) is 4. The van der Waals surface area contributed by atoms with Gasteiger partial charge in [0.05, 0.1) is 13.2 Å². The van der Waals surface area contributed by atoms with Crippen molar-refractivity contribution in [2.45, 2.75) is 37.5 Å². The Kier molecular flexibility index (Phi) is 6.87. The van der Waals surface area contributed by atoms with E-state index in [-0.39, 0.29) is 5.41 Å². The van der Waals surface area contributed by atoms with Crippen molar-refractivity contribution in [3.8, 4) is 5.75 Å². The van der Waals surface area contributed by atoms with Gasteiger partial charge in [-0.05, 0) is 71.0 Å². The Hall–Kier alpha value is -1.75. The van der Waals surface area contributed by atoms with Crippen molar-refractivity contribution in [1.82, 2.24) is 4.90 Å². The van der Waals surface area contributed by atoms with E-state index in [0.29, 0.717) is 0 Å². The van der Waals surface area contributed by atoms with Gasteiger partial charge in [-0.25, -0.2) is 0 Å². The topological polar surface area (TPSA) is 21.7 Å². The van der Waals surface area contributed by atoms with Gasteiger partial charge in [0.1, 0.15) is 12.4 Å². The molecule has 3 nitrogen and oxygen atoms in total. The Labute approximate surface area is 185 Å². The SMILES string of the molecule is C/C(=C\c1ccc(OCCN2CCOCC2)cc1)c1ccc2c(c1)C(C)(C)CCS2. The quantitative estimate of drug-likeness (QED) is 0.553. The van der Waals surface area contributed by atoms with Crippen LogP contribution in [0.1, 0.15) is 43.9 Å². The van der Waals surface area contributed by atoms with Crippen LogP contribution in [-0.4, -0.2) is 50.1 Å². The van der Waals surface area contributed by atoms with Crippen LogP contribution in [0.3, 0.4) is 0 Å². The van der Waals surface area contributed by atoms with Crippen LogP contribution in [-0.2, 0) is 10.2 Å². The van der Waals surface area contributed by atoms with Crippen molar-refractivity contribution in [1.29, 1.82) is 0 Å². The molecule has 2 aliphatic rings. The van der Waals surface area contributed by atoms with Gasteiger partial charge in [-0.15, -0.1) is 11.8 Å². The van der Waals surface area contributed by atoms with Crippen LogP contribution in [0.2, 0.25) is 0 Å². The van der Waals surface area contributed by atoms with Gasteiger partial charge in [-0.2, -0.15) is 0 Å². The molecule has 160 valence electrons. The monoisotopic (exact) mass is 423 g/mol. The fraction of sp³-hybridized carbons (Fsp3) is 0.462. The molecule has 4 rings (SSSR count). The zero-order valence-corrected chi connectivity index (χ0v) is 19.3. The van der Waals surface area contributed by atoms with E-state index in [1.54, 1.807) is 0 Å². The number of morpholine rings is 1. The van der Waals surface area contributed by atoms with Crippen LogP contribution in [0, 0.1) is 0 Å². The fourth-order valence-electron chi connectivity index (χ4n) is 4.09. The molecule has 2 aliphatic heterocycles. The van der Waals surface area contributed by atoms with Gasteiger partial charge in [0, 0.05) is 24.5 Å². The summed E-state index contributed by atoms with van der Waals surface area (Å²) in [5, 5.41) is 0. The molecule has 2 aromatic carbocycles. The molecule has 0 aliphatic carbocycles. The highest BCUT2D eigenvalue weighted by Gasteiger charge is 2.27. The Morgan fingerprint density at radius 3 is 2.67 bits per heavy atom. The molecule has 0 N–H and O–H groups in total. The standard InChI is InChI=1S/C26H33NO2S/c1-20(22-6-9-25-24(19-22)26(2,3)10-17-30-25)18-21-4-7-23(8-5-21)29-16-13-27-11-14-28-15-12-27/h4-9,18-19H,10-17H2,1-3H3/b20-18+. The zero-order chi connectivity index (χ0) is 21.0. The zero-order valence-electron chi connectivity index (χ0n) is 18.4. The Morgan fingerprint density at radius 1 is 1.13 bits per heavy atom. The van der Waals surface area contributed by atoms with Gasteiger partial charge < -0.3 is 9.47 Å². The molecular formula is C26H33NO2S. The highest BCUT2D eigenvalue weighted by atomic mass is 32.2. The molecule has 1 saturated heterocycles. The van der Waals surface area contributed by atoms with Crippen molar-refractivity contribution in [2.24, 2.45) is 0 Å². The highest BCUT2D eigenvalue weighted by molar-refractivity contribution is 7.99. The maximum absolute atomic E-state index is 5.93. The number of fused-ring (bicyclic) bond motifs is 1. The second-order valence-corrected chi connectivity index (χ2v) is 10.0. The number of benzene rings is 2. The second kappa shape index (κ2) is 9.59. The number of nitrogens with zero attached hydrogens (tertiary/aromatic N) is 1. The van der Waals surface area contributed by atoms with Crippen molar-refractivity contribution in [3.05, 3.63) is 59.2 Å². The lowest BCUT2D eigenvalue weighted by Gasteiger charge is -2.32. The molecule has 0 unspecified atom stereocenters. The molecule has 4 heteroatoms. The summed E-state index contributed by atoms with van der Waals surface area (Å²) in [6.45, 7) is 12.3. The van der Waals surface area contributed by atoms with Crippen molar-refractivity contribution >= 4 is 23.4 Å². The first-order valence-corrected chi connectivity index (χ1v) is 12.0. The van der Waals surface area contributed by atoms with E-state index in [9.17, 15) is 0 Å². The van der Waals surface area contributed by atoms with Gasteiger partial charge in [0.2, 0.25) is 0 Å². The van der Waals surface area contributed by atoms with E-state index in [2.05, 4.69) is 74.2 Å². The lowest BCUT2D eigenvalue weighted by molar-refractivity contribution is 0.0322. The van der Waals surface area contributed by atoms with Crippen LogP contribution in [0.4, 0.5) is 0 Å². The van der Waals surface area contributed by atoms with Gasteiger partial charge in [-0.1, -0.05) is 38.1 Å². The first-order valence-electron chi connectivity index (χ1n) is 11.0. The van der Waals surface area contributed by atoms with Crippen LogP contribution in [0.15, 0.2) is 47.4 Å². The predicted octanol–water partition coefficient (Wildman–Crippen LogP) is 5.73. The lowest BCUT2D eigenvalue weighted by atomic mass is 9.80. The lowest BCUT2D eigenvalue weighted by Crippen LogP contribution is -2.38. The average molecular weight is 424 g/mol. The summed E-state index contributed by atoms with van der Waals surface area (Å²) in [6.07, 6.45) is 3.51. The number of thioether (sulfide) groups is 1. The highest BCUT2D eigenvalue weighted by Crippen LogP contribution is 2.42. The van der Waals surface area contributed by atoms with E-state index in [0.717, 1.165) is 45.2 Å². The molecule has 30 heavy (non-hydrogen) atoms. The van der Waals surface area contributed by atoms with Crippen molar-refractivity contribution < 1.29 is 9.47 Å². The molecule has 2 aromatic rings. The van der Waals surface area contributed by atoms with E-state index in [1.807, 2.05) is 11.8 Å². The smallest absolute Gasteiger partial charge is 0.119 e. The van der Waals surface area contributed by atoms with Gasteiger partial charge in [0.25, 0.3) is 0 Å². The summed E-state index contributed by atoms with van der Waals surface area (Å²) >= 11 is 1.99. The predicted molar refractivity (Wildman–Crippen MR) is 128 cm³/mol. The number of ether oxygens (including phenoxy) is 2. The average Bonchev–Trinajstić information content (AvgIpc) is 2.75.